The van der Waals surface area contributed by atoms with Crippen molar-refractivity contribution in [2.75, 3.05) is 18.1 Å². The molecule has 0 bridgehead atoms. The average molecular weight is 235 g/mol. The number of Topliss-reactive ketones (excluding diaryl/α,β-unsaturated/α-hetero) is 1. The molecule has 1 atom stereocenters. The van der Waals surface area contributed by atoms with Gasteiger partial charge >= 0.3 is 0 Å². The predicted octanol–water partition coefficient (Wildman–Crippen LogP) is -0.122. The highest BCUT2D eigenvalue weighted by Gasteiger charge is 2.36. The van der Waals surface area contributed by atoms with Crippen molar-refractivity contribution in [2.24, 2.45) is 0 Å². The van der Waals surface area contributed by atoms with Gasteiger partial charge in [0.25, 0.3) is 11.7 Å². The van der Waals surface area contributed by atoms with Gasteiger partial charge < -0.3 is 15.1 Å². The number of β-amino-alcohol motifs (C(OH)–C–C–N with tert-alkyl or cyclic N) is 1. The van der Waals surface area contributed by atoms with Crippen LogP contribution in [0.25, 0.3) is 0 Å². The van der Waals surface area contributed by atoms with Gasteiger partial charge in [-0.25, -0.2) is 0 Å². The molecule has 0 aliphatic carbocycles. The Balaban J connectivity index is 2.38. The van der Waals surface area contributed by atoms with Crippen molar-refractivity contribution >= 4 is 17.4 Å². The number of amides is 1. The van der Waals surface area contributed by atoms with Crippen molar-refractivity contribution in [3.63, 3.8) is 0 Å². The zero-order valence-corrected chi connectivity index (χ0v) is 9.38. The van der Waals surface area contributed by atoms with E-state index in [9.17, 15) is 14.7 Å². The first-order chi connectivity index (χ1) is 8.04. The molecule has 1 aromatic carbocycles. The van der Waals surface area contributed by atoms with E-state index in [0.29, 0.717) is 11.3 Å². The van der Waals surface area contributed by atoms with Gasteiger partial charge in [0.15, 0.2) is 0 Å². The molecule has 1 aliphatic heterocycles. The van der Waals surface area contributed by atoms with Gasteiger partial charge in [0, 0.05) is 0 Å². The first-order valence-electron chi connectivity index (χ1n) is 5.30. The molecule has 0 aromatic heterocycles. The number of aliphatic hydroxyl groups excluding tert-OH is 2. The molecular weight excluding hydrogens is 222 g/mol. The van der Waals surface area contributed by atoms with E-state index in [1.165, 1.54) is 4.90 Å². The highest BCUT2D eigenvalue weighted by molar-refractivity contribution is 6.52. The van der Waals surface area contributed by atoms with Crippen molar-refractivity contribution in [2.45, 2.75) is 13.0 Å². The second kappa shape index (κ2) is 4.27. The van der Waals surface area contributed by atoms with Crippen molar-refractivity contribution in [1.29, 1.82) is 0 Å². The maximum atomic E-state index is 11.7. The standard InChI is InChI=1S/C12H13NO4/c1-7-2-3-10-9(4-7)11(16)12(17)13(10)5-8(15)6-14/h2-4,8,14-15H,5-6H2,1H3. The maximum absolute atomic E-state index is 11.7. The van der Waals surface area contributed by atoms with Crippen molar-refractivity contribution < 1.29 is 19.8 Å². The second-order valence-electron chi connectivity index (χ2n) is 4.10. The van der Waals surface area contributed by atoms with E-state index in [0.717, 1.165) is 5.56 Å². The minimum atomic E-state index is -1.04. The van der Waals surface area contributed by atoms with Gasteiger partial charge in [-0.3, -0.25) is 9.59 Å². The molecule has 0 saturated heterocycles. The van der Waals surface area contributed by atoms with Crippen LogP contribution in [0, 0.1) is 6.92 Å². The minimum absolute atomic E-state index is 0.0723. The van der Waals surface area contributed by atoms with Crippen LogP contribution in [-0.4, -0.2) is 41.2 Å². The molecule has 1 aliphatic rings. The van der Waals surface area contributed by atoms with Crippen molar-refractivity contribution in [3.05, 3.63) is 29.3 Å². The molecule has 17 heavy (non-hydrogen) atoms. The molecule has 0 saturated carbocycles. The lowest BCUT2D eigenvalue weighted by atomic mass is 10.1. The monoisotopic (exact) mass is 235 g/mol. The molecule has 2 N–H and O–H groups in total. The SMILES string of the molecule is Cc1ccc2c(c1)C(=O)C(=O)N2CC(O)CO. The molecule has 1 aromatic rings. The first-order valence-corrected chi connectivity index (χ1v) is 5.30. The normalized spacial score (nSPS) is 16.3. The van der Waals surface area contributed by atoms with Crippen LogP contribution in [0.3, 0.4) is 0 Å². The Labute approximate surface area is 98.3 Å². The fourth-order valence-electron chi connectivity index (χ4n) is 1.86. The third kappa shape index (κ3) is 1.94. The summed E-state index contributed by atoms with van der Waals surface area (Å²) in [5.74, 6) is -1.22. The number of rotatable bonds is 3. The molecular formula is C12H13NO4. The lowest BCUT2D eigenvalue weighted by molar-refractivity contribution is -0.114. The lowest BCUT2D eigenvalue weighted by Gasteiger charge is -2.19. The minimum Gasteiger partial charge on any atom is -0.394 e. The van der Waals surface area contributed by atoms with Crippen LogP contribution >= 0.6 is 0 Å². The highest BCUT2D eigenvalue weighted by Crippen LogP contribution is 2.29. The van der Waals surface area contributed by atoms with Crippen LogP contribution in [0.4, 0.5) is 5.69 Å². The summed E-state index contributed by atoms with van der Waals surface area (Å²) in [4.78, 5) is 24.6. The molecule has 5 nitrogen and oxygen atoms in total. The van der Waals surface area contributed by atoms with Gasteiger partial charge in [0.1, 0.15) is 0 Å². The van der Waals surface area contributed by atoms with E-state index in [-0.39, 0.29) is 6.54 Å². The van der Waals surface area contributed by atoms with Gasteiger partial charge in [0.05, 0.1) is 30.5 Å². The summed E-state index contributed by atoms with van der Waals surface area (Å²) < 4.78 is 0. The summed E-state index contributed by atoms with van der Waals surface area (Å²) in [6, 6.07) is 5.13. The van der Waals surface area contributed by atoms with Gasteiger partial charge in [-0.05, 0) is 19.1 Å². The zero-order valence-electron chi connectivity index (χ0n) is 9.38. The molecule has 0 radical (unpaired) electrons. The third-order valence-electron chi connectivity index (χ3n) is 2.73. The Kier molecular flexibility index (Phi) is 2.95. The summed E-state index contributed by atoms with van der Waals surface area (Å²) in [5, 5.41) is 18.1. The van der Waals surface area contributed by atoms with E-state index in [1.54, 1.807) is 18.2 Å². The summed E-state index contributed by atoms with van der Waals surface area (Å²) in [6.45, 7) is 1.32. The third-order valence-corrected chi connectivity index (χ3v) is 2.73. The topological polar surface area (TPSA) is 77.8 Å². The van der Waals surface area contributed by atoms with Crippen molar-refractivity contribution in [1.82, 2.24) is 0 Å². The molecule has 1 heterocycles. The Hall–Kier alpha value is -1.72. The number of carbonyl (C=O) groups excluding carboxylic acids is 2. The number of benzene rings is 1. The fourth-order valence-corrected chi connectivity index (χ4v) is 1.86. The van der Waals surface area contributed by atoms with Gasteiger partial charge in [-0.2, -0.15) is 0 Å². The molecule has 2 rings (SSSR count). The van der Waals surface area contributed by atoms with E-state index in [1.807, 2.05) is 6.92 Å². The molecule has 5 heteroatoms. The fraction of sp³-hybridized carbons (Fsp3) is 0.333. The molecule has 90 valence electrons. The van der Waals surface area contributed by atoms with E-state index >= 15 is 0 Å². The number of fused-ring (bicyclic) bond motifs is 1. The number of carbonyl (C=O) groups is 2. The summed E-state index contributed by atoms with van der Waals surface area (Å²) in [7, 11) is 0. The number of aliphatic hydroxyl groups is 2. The lowest BCUT2D eigenvalue weighted by Crippen LogP contribution is -2.38. The van der Waals surface area contributed by atoms with E-state index in [2.05, 4.69) is 0 Å². The number of hydrogen-bond acceptors (Lipinski definition) is 4. The average Bonchev–Trinajstić information content (AvgIpc) is 2.54. The smallest absolute Gasteiger partial charge is 0.299 e. The first kappa shape index (κ1) is 11.8. The molecule has 0 spiro atoms. The zero-order chi connectivity index (χ0) is 12.6. The highest BCUT2D eigenvalue weighted by atomic mass is 16.3. The number of ketones is 1. The molecule has 1 unspecified atom stereocenters. The predicted molar refractivity (Wildman–Crippen MR) is 61.0 cm³/mol. The van der Waals surface area contributed by atoms with Gasteiger partial charge in [-0.15, -0.1) is 0 Å². The van der Waals surface area contributed by atoms with Crippen LogP contribution in [0.5, 0.6) is 0 Å². The molecule has 1 amide bonds. The number of nitrogens with zero attached hydrogens (tertiary/aromatic N) is 1. The van der Waals surface area contributed by atoms with Crippen LogP contribution < -0.4 is 4.90 Å². The van der Waals surface area contributed by atoms with Crippen LogP contribution in [0.1, 0.15) is 15.9 Å². The number of hydrogen-bond donors (Lipinski definition) is 2. The Morgan fingerprint density at radius 1 is 1.35 bits per heavy atom. The van der Waals surface area contributed by atoms with E-state index < -0.39 is 24.4 Å². The number of anilines is 1. The van der Waals surface area contributed by atoms with Crippen molar-refractivity contribution in [3.8, 4) is 0 Å². The Morgan fingerprint density at radius 2 is 2.06 bits per heavy atom. The summed E-state index contributed by atoms with van der Waals surface area (Å²) in [6.07, 6.45) is -1.04. The Bertz CT molecular complexity index is 483. The van der Waals surface area contributed by atoms with Gasteiger partial charge in [0.2, 0.25) is 0 Å². The second-order valence-corrected chi connectivity index (χ2v) is 4.10. The largest absolute Gasteiger partial charge is 0.394 e. The van der Waals surface area contributed by atoms with E-state index in [4.69, 9.17) is 5.11 Å². The van der Waals surface area contributed by atoms with Crippen LogP contribution in [0.15, 0.2) is 18.2 Å². The van der Waals surface area contributed by atoms with Crippen LogP contribution in [-0.2, 0) is 4.79 Å². The van der Waals surface area contributed by atoms with Gasteiger partial charge in [-0.1, -0.05) is 11.6 Å². The Morgan fingerprint density at radius 3 is 2.71 bits per heavy atom. The van der Waals surface area contributed by atoms with Crippen LogP contribution in [0.2, 0.25) is 0 Å². The summed E-state index contributed by atoms with van der Waals surface area (Å²) in [5.41, 5.74) is 1.76. The molecule has 0 fully saturated rings. The number of aryl methyl sites for hydroxylation is 1. The summed E-state index contributed by atoms with van der Waals surface area (Å²) >= 11 is 0. The maximum Gasteiger partial charge on any atom is 0.299 e. The quantitative estimate of drug-likeness (QED) is 0.716.